The van der Waals surface area contributed by atoms with Crippen molar-refractivity contribution in [1.29, 1.82) is 0 Å². The van der Waals surface area contributed by atoms with Gasteiger partial charge in [-0.2, -0.15) is 0 Å². The molecule has 1 saturated carbocycles. The minimum Gasteiger partial charge on any atom is -0.0654 e. The highest BCUT2D eigenvalue weighted by atomic mass is 14.5. The van der Waals surface area contributed by atoms with E-state index < -0.39 is 0 Å². The molecule has 1 fully saturated rings. The van der Waals surface area contributed by atoms with Crippen molar-refractivity contribution in [2.45, 2.75) is 77.6 Å². The van der Waals surface area contributed by atoms with Crippen molar-refractivity contribution >= 4 is 0 Å². The topological polar surface area (TPSA) is 0 Å². The van der Waals surface area contributed by atoms with Gasteiger partial charge in [0, 0.05) is 0 Å². The van der Waals surface area contributed by atoms with Gasteiger partial charge in [-0.3, -0.25) is 0 Å². The Bertz CT molecular complexity index is 380. The molecule has 1 aliphatic rings. The number of rotatable bonds is 6. The molecule has 0 radical (unpaired) electrons. The first-order chi connectivity index (χ1) is 9.12. The average molecular weight is 258 g/mol. The molecule has 0 spiro atoms. The van der Waals surface area contributed by atoms with E-state index in [2.05, 4.69) is 51.1 Å². The zero-order valence-corrected chi connectivity index (χ0v) is 13.0. The van der Waals surface area contributed by atoms with Crippen LogP contribution in [0.4, 0.5) is 0 Å². The molecule has 1 aromatic carbocycles. The lowest BCUT2D eigenvalue weighted by Crippen LogP contribution is -2.36. The molecule has 0 saturated heterocycles. The first kappa shape index (κ1) is 14.6. The maximum Gasteiger partial charge on any atom is -0.00215 e. The van der Waals surface area contributed by atoms with Crippen LogP contribution >= 0.6 is 0 Å². The van der Waals surface area contributed by atoms with E-state index >= 15 is 0 Å². The lowest BCUT2D eigenvalue weighted by molar-refractivity contribution is 0.173. The molecule has 0 bridgehead atoms. The van der Waals surface area contributed by atoms with Gasteiger partial charge in [-0.15, -0.1) is 0 Å². The van der Waals surface area contributed by atoms with Crippen LogP contribution in [0, 0.1) is 5.41 Å². The number of hydrogen-bond acceptors (Lipinski definition) is 0. The molecule has 1 aromatic rings. The number of unbranched alkanes of at least 4 members (excludes halogenated alkanes) is 3. The SMILES string of the molecule is CCCCCC[C@]1(C)CCC[C@]1(C)c1ccccc1. The van der Waals surface area contributed by atoms with E-state index in [0.717, 1.165) is 0 Å². The van der Waals surface area contributed by atoms with Crippen molar-refractivity contribution in [3.63, 3.8) is 0 Å². The van der Waals surface area contributed by atoms with E-state index in [4.69, 9.17) is 0 Å². The normalized spacial score (nSPS) is 30.7. The molecular formula is C19H30. The minimum absolute atomic E-state index is 0.389. The molecule has 0 amide bonds. The Kier molecular flexibility index (Phi) is 4.71. The lowest BCUT2D eigenvalue weighted by Gasteiger charge is -2.42. The predicted octanol–water partition coefficient (Wildman–Crippen LogP) is 6.10. The zero-order chi connectivity index (χ0) is 13.8. The fraction of sp³-hybridized carbons (Fsp3) is 0.684. The molecular weight excluding hydrogens is 228 g/mol. The standard InChI is InChI=1S/C19H30/c1-4-5-6-10-14-18(2)15-11-16-19(18,3)17-12-8-7-9-13-17/h7-9,12-13H,4-6,10-11,14-16H2,1-3H3/t18-,19-/m1/s1. The summed E-state index contributed by atoms with van der Waals surface area (Å²) < 4.78 is 0. The largest absolute Gasteiger partial charge is 0.0654 e. The molecule has 106 valence electrons. The second-order valence-electron chi connectivity index (χ2n) is 6.92. The zero-order valence-electron chi connectivity index (χ0n) is 13.0. The van der Waals surface area contributed by atoms with Gasteiger partial charge >= 0.3 is 0 Å². The number of benzene rings is 1. The summed E-state index contributed by atoms with van der Waals surface area (Å²) in [5.41, 5.74) is 2.45. The second-order valence-corrected chi connectivity index (χ2v) is 6.92. The van der Waals surface area contributed by atoms with Crippen molar-refractivity contribution in [2.75, 3.05) is 0 Å². The minimum atomic E-state index is 0.389. The van der Waals surface area contributed by atoms with Gasteiger partial charge in [-0.25, -0.2) is 0 Å². The third-order valence-electron chi connectivity index (χ3n) is 5.73. The summed E-state index contributed by atoms with van der Waals surface area (Å²) >= 11 is 0. The van der Waals surface area contributed by atoms with Gasteiger partial charge in [-0.05, 0) is 35.7 Å². The Hall–Kier alpha value is -0.780. The van der Waals surface area contributed by atoms with Crippen LogP contribution in [0.15, 0.2) is 30.3 Å². The first-order valence-electron chi connectivity index (χ1n) is 8.18. The highest BCUT2D eigenvalue weighted by Crippen LogP contribution is 2.56. The molecule has 1 aliphatic carbocycles. The number of hydrogen-bond donors (Lipinski definition) is 0. The first-order valence-corrected chi connectivity index (χ1v) is 8.18. The maximum absolute atomic E-state index is 2.54. The summed E-state index contributed by atoms with van der Waals surface area (Å²) in [5.74, 6) is 0. The van der Waals surface area contributed by atoms with Crippen molar-refractivity contribution in [2.24, 2.45) is 5.41 Å². The Morgan fingerprint density at radius 2 is 1.68 bits per heavy atom. The fourth-order valence-corrected chi connectivity index (χ4v) is 4.05. The molecule has 2 atom stereocenters. The summed E-state index contributed by atoms with van der Waals surface area (Å²) in [6.45, 7) is 7.35. The van der Waals surface area contributed by atoms with Crippen LogP contribution in [0.1, 0.15) is 77.7 Å². The van der Waals surface area contributed by atoms with Crippen molar-refractivity contribution in [3.8, 4) is 0 Å². The van der Waals surface area contributed by atoms with Crippen LogP contribution in [0.25, 0.3) is 0 Å². The summed E-state index contributed by atoms with van der Waals surface area (Å²) in [7, 11) is 0. The average Bonchev–Trinajstić information content (AvgIpc) is 2.73. The smallest absolute Gasteiger partial charge is 0.00215 e. The van der Waals surface area contributed by atoms with Crippen LogP contribution in [0.5, 0.6) is 0 Å². The molecule has 0 unspecified atom stereocenters. The molecule has 0 N–H and O–H groups in total. The van der Waals surface area contributed by atoms with Crippen LogP contribution in [0.2, 0.25) is 0 Å². The van der Waals surface area contributed by atoms with Crippen LogP contribution in [-0.2, 0) is 5.41 Å². The van der Waals surface area contributed by atoms with Gasteiger partial charge in [0.15, 0.2) is 0 Å². The molecule has 0 aromatic heterocycles. The van der Waals surface area contributed by atoms with E-state index in [-0.39, 0.29) is 0 Å². The van der Waals surface area contributed by atoms with Crippen molar-refractivity contribution in [3.05, 3.63) is 35.9 Å². The van der Waals surface area contributed by atoms with Crippen LogP contribution < -0.4 is 0 Å². The fourth-order valence-electron chi connectivity index (χ4n) is 4.05. The van der Waals surface area contributed by atoms with Gasteiger partial charge < -0.3 is 0 Å². The maximum atomic E-state index is 2.54. The Balaban J connectivity index is 2.10. The van der Waals surface area contributed by atoms with E-state index in [0.29, 0.717) is 10.8 Å². The predicted molar refractivity (Wildman–Crippen MR) is 84.5 cm³/mol. The van der Waals surface area contributed by atoms with Crippen LogP contribution in [0.3, 0.4) is 0 Å². The Morgan fingerprint density at radius 1 is 0.947 bits per heavy atom. The quantitative estimate of drug-likeness (QED) is 0.540. The van der Waals surface area contributed by atoms with Gasteiger partial charge in [0.1, 0.15) is 0 Å². The van der Waals surface area contributed by atoms with E-state index in [1.54, 1.807) is 5.56 Å². The Morgan fingerprint density at radius 3 is 2.37 bits per heavy atom. The highest BCUT2D eigenvalue weighted by molar-refractivity contribution is 5.29. The monoisotopic (exact) mass is 258 g/mol. The lowest BCUT2D eigenvalue weighted by atomic mass is 9.62. The summed E-state index contributed by atoms with van der Waals surface area (Å²) in [5, 5.41) is 0. The third-order valence-corrected chi connectivity index (χ3v) is 5.73. The van der Waals surface area contributed by atoms with Gasteiger partial charge in [0.2, 0.25) is 0 Å². The summed E-state index contributed by atoms with van der Waals surface area (Å²) in [4.78, 5) is 0. The van der Waals surface area contributed by atoms with Crippen molar-refractivity contribution < 1.29 is 0 Å². The van der Waals surface area contributed by atoms with Gasteiger partial charge in [0.25, 0.3) is 0 Å². The van der Waals surface area contributed by atoms with Crippen LogP contribution in [-0.4, -0.2) is 0 Å². The highest BCUT2D eigenvalue weighted by Gasteiger charge is 2.48. The summed E-state index contributed by atoms with van der Waals surface area (Å²) in [6, 6.07) is 11.2. The molecule has 19 heavy (non-hydrogen) atoms. The van der Waals surface area contributed by atoms with Crippen molar-refractivity contribution in [1.82, 2.24) is 0 Å². The molecule has 0 nitrogen and oxygen atoms in total. The van der Waals surface area contributed by atoms with Gasteiger partial charge in [-0.1, -0.05) is 83.2 Å². The molecule has 0 heterocycles. The van der Waals surface area contributed by atoms with E-state index in [1.807, 2.05) is 0 Å². The third kappa shape index (κ3) is 2.88. The molecule has 2 rings (SSSR count). The van der Waals surface area contributed by atoms with Gasteiger partial charge in [0.05, 0.1) is 0 Å². The summed E-state index contributed by atoms with van der Waals surface area (Å²) in [6.07, 6.45) is 11.1. The molecule has 0 heteroatoms. The van der Waals surface area contributed by atoms with E-state index in [1.165, 1.54) is 51.4 Å². The Labute approximate surface area is 119 Å². The second kappa shape index (κ2) is 6.11. The molecule has 0 aliphatic heterocycles. The van der Waals surface area contributed by atoms with E-state index in [9.17, 15) is 0 Å².